The molecule has 3 saturated heterocycles. The van der Waals surface area contributed by atoms with Crippen LogP contribution in [0.25, 0.3) is 11.3 Å². The number of hydrogen-bond donors (Lipinski definition) is 1. The predicted octanol–water partition coefficient (Wildman–Crippen LogP) is 4.11. The third-order valence-electron chi connectivity index (χ3n) is 10.5. The predicted molar refractivity (Wildman–Crippen MR) is 184 cm³/mol. The van der Waals surface area contributed by atoms with Crippen molar-refractivity contribution in [2.45, 2.75) is 81.4 Å². The average molecular weight is 745 g/mol. The number of fused-ring (bicyclic) bond motifs is 1. The Bertz CT molecular complexity index is 1600. The maximum absolute atomic E-state index is 14.1. The monoisotopic (exact) mass is 744 g/mol. The van der Waals surface area contributed by atoms with Crippen LogP contribution in [0.5, 0.6) is 0 Å². The summed E-state index contributed by atoms with van der Waals surface area (Å²) >= 11 is 1.10. The number of likely N-dealkylation sites (tertiary alicyclic amines) is 3. The van der Waals surface area contributed by atoms with Gasteiger partial charge in [0.2, 0.25) is 15.9 Å². The molecule has 4 aliphatic rings. The Balaban J connectivity index is 1.19. The van der Waals surface area contributed by atoms with Crippen molar-refractivity contribution in [1.82, 2.24) is 28.8 Å². The summed E-state index contributed by atoms with van der Waals surface area (Å²) in [5.74, 6) is 0.651. The van der Waals surface area contributed by atoms with E-state index in [-0.39, 0.29) is 36.4 Å². The lowest BCUT2D eigenvalue weighted by Gasteiger charge is -2.34. The maximum atomic E-state index is 14.1. The highest BCUT2D eigenvalue weighted by atomic mass is 32.2. The summed E-state index contributed by atoms with van der Waals surface area (Å²) in [7, 11) is -3.55. The van der Waals surface area contributed by atoms with E-state index in [2.05, 4.69) is 9.80 Å². The van der Waals surface area contributed by atoms with Crippen LogP contribution in [0.3, 0.4) is 0 Å². The van der Waals surface area contributed by atoms with Crippen LogP contribution in [-0.4, -0.2) is 131 Å². The summed E-state index contributed by atoms with van der Waals surface area (Å²) in [5, 5.41) is 16.0. The summed E-state index contributed by atoms with van der Waals surface area (Å²) in [6, 6.07) is 3.93. The van der Waals surface area contributed by atoms with Crippen LogP contribution in [0.2, 0.25) is 0 Å². The Hall–Kier alpha value is -2.24. The molecule has 5 heterocycles. The molecule has 1 atom stereocenters. The van der Waals surface area contributed by atoms with E-state index in [1.807, 2.05) is 4.90 Å². The Labute approximate surface area is 296 Å². The molecule has 0 aliphatic carbocycles. The minimum Gasteiger partial charge on any atom is -0.390 e. The fourth-order valence-corrected chi connectivity index (χ4v) is 9.58. The number of sulfonamides is 1. The van der Waals surface area contributed by atoms with E-state index in [1.54, 1.807) is 4.68 Å². The van der Waals surface area contributed by atoms with E-state index in [1.165, 1.54) is 16.4 Å². The van der Waals surface area contributed by atoms with Gasteiger partial charge < -0.3 is 19.8 Å². The molecule has 1 N–H and O–H groups in total. The number of aliphatic hydroxyl groups is 1. The highest BCUT2D eigenvalue weighted by Gasteiger charge is 2.36. The van der Waals surface area contributed by atoms with E-state index < -0.39 is 34.0 Å². The van der Waals surface area contributed by atoms with Gasteiger partial charge in [0.25, 0.3) is 0 Å². The molecule has 3 fully saturated rings. The van der Waals surface area contributed by atoms with E-state index in [4.69, 9.17) is 5.10 Å². The lowest BCUT2D eigenvalue weighted by Crippen LogP contribution is -2.44. The van der Waals surface area contributed by atoms with E-state index in [0.717, 1.165) is 68.6 Å². The first-order chi connectivity index (χ1) is 23.8. The topological polar surface area (TPSA) is 102 Å². The molecule has 278 valence electrons. The zero-order valence-electron chi connectivity index (χ0n) is 28.6. The molecular weight excluding hydrogens is 697 g/mol. The average Bonchev–Trinajstić information content (AvgIpc) is 3.74. The first kappa shape index (κ1) is 37.5. The number of nitrogens with zero attached hydrogens (tertiary/aromatic N) is 6. The Morgan fingerprint density at radius 3 is 2.34 bits per heavy atom. The second kappa shape index (κ2) is 15.8. The zero-order valence-corrected chi connectivity index (χ0v) is 30.2. The number of rotatable bonds is 11. The number of hydrogen-bond acceptors (Lipinski definition) is 8. The van der Waals surface area contributed by atoms with E-state index in [0.29, 0.717) is 81.1 Å². The van der Waals surface area contributed by atoms with Crippen LogP contribution in [-0.2, 0) is 40.5 Å². The molecule has 0 radical (unpaired) electrons. The number of thioether (sulfide) groups is 1. The van der Waals surface area contributed by atoms with Crippen molar-refractivity contribution < 1.29 is 35.9 Å². The van der Waals surface area contributed by atoms with E-state index >= 15 is 0 Å². The van der Waals surface area contributed by atoms with Crippen molar-refractivity contribution >= 4 is 27.7 Å². The van der Waals surface area contributed by atoms with Crippen LogP contribution >= 0.6 is 11.8 Å². The molecule has 0 bridgehead atoms. The molecule has 50 heavy (non-hydrogen) atoms. The summed E-state index contributed by atoms with van der Waals surface area (Å²) < 4.78 is 84.1. The van der Waals surface area contributed by atoms with Gasteiger partial charge >= 0.3 is 6.18 Å². The van der Waals surface area contributed by atoms with E-state index in [9.17, 15) is 35.9 Å². The molecule has 1 unspecified atom stereocenters. The normalized spacial score (nSPS) is 21.5. The number of alkyl halides is 4. The highest BCUT2D eigenvalue weighted by Crippen LogP contribution is 2.40. The Morgan fingerprint density at radius 2 is 1.68 bits per heavy atom. The molecule has 4 aliphatic heterocycles. The van der Waals surface area contributed by atoms with Gasteiger partial charge in [0.05, 0.1) is 30.2 Å². The van der Waals surface area contributed by atoms with Crippen molar-refractivity contribution in [1.29, 1.82) is 0 Å². The lowest BCUT2D eigenvalue weighted by molar-refractivity contribution is -0.139. The third kappa shape index (κ3) is 9.03. The largest absolute Gasteiger partial charge is 0.417 e. The van der Waals surface area contributed by atoms with Crippen molar-refractivity contribution in [3.63, 3.8) is 0 Å². The van der Waals surface area contributed by atoms with Gasteiger partial charge in [-0.25, -0.2) is 12.8 Å². The van der Waals surface area contributed by atoms with Gasteiger partial charge in [-0.05, 0) is 63.7 Å². The zero-order chi connectivity index (χ0) is 35.6. The van der Waals surface area contributed by atoms with Crippen LogP contribution in [0.1, 0.15) is 55.3 Å². The van der Waals surface area contributed by atoms with Gasteiger partial charge in [-0.15, -0.1) is 11.8 Å². The quantitative estimate of drug-likeness (QED) is 0.271. The molecular formula is C34H48F4N6O4S2. The molecule has 0 saturated carbocycles. The number of amides is 1. The number of halogens is 4. The molecule has 1 aromatic heterocycles. The summed E-state index contributed by atoms with van der Waals surface area (Å²) in [6.07, 6.45) is -0.242. The Morgan fingerprint density at radius 1 is 1.00 bits per heavy atom. The number of piperidine rings is 2. The number of carbonyl (C=O) groups is 1. The van der Waals surface area contributed by atoms with Crippen LogP contribution in [0.15, 0.2) is 23.1 Å². The maximum Gasteiger partial charge on any atom is 0.417 e. The lowest BCUT2D eigenvalue weighted by atomic mass is 9.95. The summed E-state index contributed by atoms with van der Waals surface area (Å²) in [6.45, 7) is 5.57. The number of aromatic nitrogens is 2. The van der Waals surface area contributed by atoms with Crippen LogP contribution < -0.4 is 0 Å². The highest BCUT2D eigenvalue weighted by molar-refractivity contribution is 7.99. The number of benzene rings is 1. The molecule has 16 heteroatoms. The minimum atomic E-state index is -4.57. The smallest absolute Gasteiger partial charge is 0.390 e. The van der Waals surface area contributed by atoms with Crippen molar-refractivity contribution in [2.75, 3.05) is 70.9 Å². The second-order valence-electron chi connectivity index (χ2n) is 14.1. The van der Waals surface area contributed by atoms with Gasteiger partial charge in [0.15, 0.2) is 0 Å². The first-order valence-corrected chi connectivity index (χ1v) is 20.5. The fourth-order valence-electron chi connectivity index (χ4n) is 7.68. The second-order valence-corrected chi connectivity index (χ2v) is 17.3. The standard InChI is InChI=1S/C34H48F4N6O4S2/c1-50(47,48)43-17-10-30-28(23-43)32(25-4-5-29(34(36,37)38)31(20-25)49-19-18-40-15-8-26(35)9-16-40)39-44(30)22-27(45)21-41-13-6-24(7-14-41)33(46)42-11-2-3-12-42/h4-5,20,24,26-27,45H,2-3,6-19,21-23H2,1H3. The van der Waals surface area contributed by atoms with Crippen molar-refractivity contribution in [3.05, 3.63) is 35.0 Å². The molecule has 1 amide bonds. The van der Waals surface area contributed by atoms with Gasteiger partial charge in [-0.2, -0.15) is 22.6 Å². The molecule has 0 spiro atoms. The first-order valence-electron chi connectivity index (χ1n) is 17.7. The minimum absolute atomic E-state index is 0.0145. The van der Waals surface area contributed by atoms with Crippen molar-refractivity contribution in [2.24, 2.45) is 5.92 Å². The fraction of sp³-hybridized carbons (Fsp3) is 0.706. The summed E-state index contributed by atoms with van der Waals surface area (Å²) in [5.41, 5.74) is 1.49. The SMILES string of the molecule is CS(=O)(=O)N1CCc2c(c(-c3ccc(C(F)(F)F)c(SCCN4CCC(F)CC4)c3)nn2CC(O)CN2CCC(C(=O)N3CCCC3)CC2)C1. The van der Waals surface area contributed by atoms with Crippen molar-refractivity contribution in [3.8, 4) is 11.3 Å². The molecule has 2 aromatic rings. The third-order valence-corrected chi connectivity index (χ3v) is 12.8. The van der Waals surface area contributed by atoms with Crippen LogP contribution in [0.4, 0.5) is 17.6 Å². The number of carbonyl (C=O) groups excluding carboxylic acids is 1. The van der Waals surface area contributed by atoms with Gasteiger partial charge in [0, 0.05) is 92.2 Å². The summed E-state index contributed by atoms with van der Waals surface area (Å²) in [4.78, 5) is 19.1. The molecule has 10 nitrogen and oxygen atoms in total. The van der Waals surface area contributed by atoms with Gasteiger partial charge in [-0.3, -0.25) is 9.48 Å². The van der Waals surface area contributed by atoms with Gasteiger partial charge in [-0.1, -0.05) is 6.07 Å². The van der Waals surface area contributed by atoms with Crippen LogP contribution in [0, 0.1) is 5.92 Å². The van der Waals surface area contributed by atoms with Gasteiger partial charge in [0.1, 0.15) is 6.17 Å². The Kier molecular flexibility index (Phi) is 11.8. The number of aliphatic hydroxyl groups excluding tert-OH is 1. The molecule has 1 aromatic carbocycles. The number of β-amino-alcohol motifs (C(OH)–C–C–N with tert-alkyl or cyclic N) is 1. The molecule has 6 rings (SSSR count).